The van der Waals surface area contributed by atoms with E-state index >= 15 is 0 Å². The van der Waals surface area contributed by atoms with Crippen molar-refractivity contribution >= 4 is 50.9 Å². The van der Waals surface area contributed by atoms with E-state index in [-0.39, 0.29) is 37.1 Å². The molecule has 2 aliphatic rings. The highest BCUT2D eigenvalue weighted by molar-refractivity contribution is 9.10. The van der Waals surface area contributed by atoms with Gasteiger partial charge in [0.2, 0.25) is 17.7 Å². The van der Waals surface area contributed by atoms with Gasteiger partial charge in [-0.2, -0.15) is 0 Å². The number of hydrogen-bond acceptors (Lipinski definition) is 3. The Morgan fingerprint density at radius 3 is 1.98 bits per heavy atom. The quantitative estimate of drug-likeness (QED) is 0.218. The van der Waals surface area contributed by atoms with Gasteiger partial charge in [-0.15, -0.1) is 0 Å². The molecule has 3 amide bonds. The Hall–Kier alpha value is -3.74. The van der Waals surface area contributed by atoms with Crippen LogP contribution in [0, 0.1) is 5.92 Å². The number of imide groups is 1. The third-order valence-corrected chi connectivity index (χ3v) is 8.72. The topological polar surface area (TPSA) is 57.7 Å². The van der Waals surface area contributed by atoms with E-state index in [1.165, 1.54) is 4.90 Å². The summed E-state index contributed by atoms with van der Waals surface area (Å²) in [5.41, 5.74) is 2.84. The van der Waals surface area contributed by atoms with Gasteiger partial charge >= 0.3 is 0 Å². The molecule has 7 heteroatoms. The normalized spacial score (nSPS) is 20.4. The average Bonchev–Trinajstić information content (AvgIpc) is 3.37. The Bertz CT molecular complexity index is 1590. The van der Waals surface area contributed by atoms with E-state index in [1.807, 2.05) is 91.0 Å². The number of anilines is 1. The fourth-order valence-corrected chi connectivity index (χ4v) is 6.48. The van der Waals surface area contributed by atoms with Crippen LogP contribution in [0.5, 0.6) is 0 Å². The lowest BCUT2D eigenvalue weighted by molar-refractivity contribution is -0.142. The number of likely N-dealkylation sites (tertiary alicyclic amines) is 1. The molecule has 200 valence electrons. The predicted octanol–water partition coefficient (Wildman–Crippen LogP) is 6.71. The van der Waals surface area contributed by atoms with Crippen molar-refractivity contribution in [2.75, 3.05) is 4.90 Å². The number of hydrogen-bond donors (Lipinski definition) is 0. The minimum absolute atomic E-state index is 0.0426. The number of fused-ring (bicyclic) bond motifs is 1. The van der Waals surface area contributed by atoms with Crippen molar-refractivity contribution in [3.05, 3.63) is 135 Å². The summed E-state index contributed by atoms with van der Waals surface area (Å²) >= 11 is 10.0. The molecular formula is C33H26BrClN2O3. The Morgan fingerprint density at radius 2 is 1.35 bits per heavy atom. The smallest absolute Gasteiger partial charge is 0.239 e. The molecule has 0 aliphatic carbocycles. The van der Waals surface area contributed by atoms with Crippen LogP contribution < -0.4 is 4.90 Å². The van der Waals surface area contributed by atoms with Crippen molar-refractivity contribution < 1.29 is 14.4 Å². The lowest BCUT2D eigenvalue weighted by atomic mass is 9.66. The van der Waals surface area contributed by atoms with E-state index in [9.17, 15) is 14.4 Å². The Morgan fingerprint density at radius 1 is 0.750 bits per heavy atom. The zero-order valence-corrected chi connectivity index (χ0v) is 23.9. The summed E-state index contributed by atoms with van der Waals surface area (Å²) in [5, 5.41) is 0.478. The largest absolute Gasteiger partial charge is 0.307 e. The first-order valence-electron chi connectivity index (χ1n) is 13.2. The second-order valence-corrected chi connectivity index (χ2v) is 11.7. The highest BCUT2D eigenvalue weighted by Crippen LogP contribution is 2.52. The van der Waals surface area contributed by atoms with Crippen molar-refractivity contribution in [1.29, 1.82) is 0 Å². The summed E-state index contributed by atoms with van der Waals surface area (Å²) in [6.07, 6.45) is 0.222. The van der Waals surface area contributed by atoms with Crippen LogP contribution in [-0.4, -0.2) is 22.6 Å². The molecule has 4 aromatic rings. The molecular weight excluding hydrogens is 588 g/mol. The molecule has 40 heavy (non-hydrogen) atoms. The van der Waals surface area contributed by atoms with Gasteiger partial charge in [0.25, 0.3) is 0 Å². The zero-order valence-electron chi connectivity index (χ0n) is 21.6. The lowest BCUT2D eigenvalue weighted by Gasteiger charge is -2.33. The van der Waals surface area contributed by atoms with Crippen LogP contribution in [0.2, 0.25) is 5.02 Å². The van der Waals surface area contributed by atoms with Crippen LogP contribution >= 0.6 is 27.5 Å². The molecule has 0 saturated carbocycles. The fraction of sp³-hybridized carbons (Fsp3) is 0.182. The average molecular weight is 614 g/mol. The number of carbonyl (C=O) groups excluding carboxylic acids is 3. The number of nitrogens with zero attached hydrogens (tertiary/aromatic N) is 2. The van der Waals surface area contributed by atoms with Gasteiger partial charge in [0.05, 0.1) is 24.4 Å². The maximum absolute atomic E-state index is 14.8. The van der Waals surface area contributed by atoms with Gasteiger partial charge in [-0.1, -0.05) is 100 Å². The maximum atomic E-state index is 14.8. The highest BCUT2D eigenvalue weighted by Gasteiger charge is 2.61. The van der Waals surface area contributed by atoms with Gasteiger partial charge in [-0.3, -0.25) is 19.3 Å². The number of rotatable bonds is 7. The van der Waals surface area contributed by atoms with Gasteiger partial charge < -0.3 is 4.90 Å². The molecule has 0 aromatic heterocycles. The SMILES string of the molecule is O=C1C[C@H]([C@]2(Cc3ccc(Br)cc3)C(=O)N(Cc3ccccc3)c3ccc(Cl)cc32)C(=O)N1Cc1ccccc1. The summed E-state index contributed by atoms with van der Waals surface area (Å²) in [6.45, 7) is 0.521. The van der Waals surface area contributed by atoms with Crippen LogP contribution in [0.1, 0.15) is 28.7 Å². The molecule has 1 saturated heterocycles. The predicted molar refractivity (Wildman–Crippen MR) is 159 cm³/mol. The first-order valence-corrected chi connectivity index (χ1v) is 14.3. The minimum atomic E-state index is -1.29. The second-order valence-electron chi connectivity index (χ2n) is 10.4. The van der Waals surface area contributed by atoms with E-state index in [1.54, 1.807) is 17.0 Å². The van der Waals surface area contributed by atoms with Crippen LogP contribution in [-0.2, 0) is 39.3 Å². The Balaban J connectivity index is 1.48. The molecule has 0 N–H and O–H groups in total. The number of benzene rings is 4. The van der Waals surface area contributed by atoms with E-state index < -0.39 is 11.3 Å². The molecule has 1 fully saturated rings. The number of amides is 3. The minimum Gasteiger partial charge on any atom is -0.307 e. The maximum Gasteiger partial charge on any atom is 0.239 e. The molecule has 4 aromatic carbocycles. The Labute approximate surface area is 246 Å². The van der Waals surface area contributed by atoms with E-state index in [2.05, 4.69) is 15.9 Å². The summed E-state index contributed by atoms with van der Waals surface area (Å²) in [6, 6.07) is 32.4. The molecule has 0 unspecified atom stereocenters. The van der Waals surface area contributed by atoms with E-state index in [0.717, 1.165) is 26.9 Å². The van der Waals surface area contributed by atoms with Gasteiger partial charge in [0, 0.05) is 21.6 Å². The molecule has 6 rings (SSSR count). The first kappa shape index (κ1) is 26.5. The molecule has 5 nitrogen and oxygen atoms in total. The van der Waals surface area contributed by atoms with Crippen molar-refractivity contribution in [2.45, 2.75) is 31.3 Å². The molecule has 2 atom stereocenters. The standard InChI is InChI=1S/C33H26BrClN2O3/c34-25-13-11-22(12-14-25)19-33(28-18-30(38)37(31(28)39)21-24-9-5-2-6-10-24)27-17-26(35)15-16-29(27)36(32(33)40)20-23-7-3-1-4-8-23/h1-17,28H,18-21H2/t28-,33+/m0/s1. The number of carbonyl (C=O) groups is 3. The lowest BCUT2D eigenvalue weighted by Crippen LogP contribution is -2.49. The van der Waals surface area contributed by atoms with Crippen molar-refractivity contribution in [3.63, 3.8) is 0 Å². The summed E-state index contributed by atoms with van der Waals surface area (Å²) in [7, 11) is 0. The van der Waals surface area contributed by atoms with Gasteiger partial charge in [0.1, 0.15) is 0 Å². The van der Waals surface area contributed by atoms with Gasteiger partial charge in [0.15, 0.2) is 0 Å². The van der Waals surface area contributed by atoms with Crippen molar-refractivity contribution in [3.8, 4) is 0 Å². The van der Waals surface area contributed by atoms with Crippen LogP contribution in [0.3, 0.4) is 0 Å². The highest BCUT2D eigenvalue weighted by atomic mass is 79.9. The van der Waals surface area contributed by atoms with Gasteiger partial charge in [-0.25, -0.2) is 0 Å². The molecule has 2 aliphatic heterocycles. The number of halogens is 2. The third-order valence-electron chi connectivity index (χ3n) is 7.96. The molecule has 0 spiro atoms. The van der Waals surface area contributed by atoms with Crippen LogP contribution in [0.4, 0.5) is 5.69 Å². The first-order chi connectivity index (χ1) is 19.4. The molecule has 0 radical (unpaired) electrons. The van der Waals surface area contributed by atoms with E-state index in [4.69, 9.17) is 11.6 Å². The fourth-order valence-electron chi connectivity index (χ4n) is 6.04. The monoisotopic (exact) mass is 612 g/mol. The summed E-state index contributed by atoms with van der Waals surface area (Å²) < 4.78 is 0.915. The van der Waals surface area contributed by atoms with Gasteiger partial charge in [-0.05, 0) is 59.0 Å². The summed E-state index contributed by atoms with van der Waals surface area (Å²) in [4.78, 5) is 45.4. The molecule has 0 bridgehead atoms. The van der Waals surface area contributed by atoms with Crippen LogP contribution in [0.15, 0.2) is 108 Å². The summed E-state index contributed by atoms with van der Waals surface area (Å²) in [5.74, 6) is -1.65. The molecule has 2 heterocycles. The van der Waals surface area contributed by atoms with Crippen LogP contribution in [0.25, 0.3) is 0 Å². The zero-order chi connectivity index (χ0) is 27.9. The third kappa shape index (κ3) is 4.65. The second kappa shape index (κ2) is 10.7. The van der Waals surface area contributed by atoms with E-state index in [0.29, 0.717) is 17.1 Å². The van der Waals surface area contributed by atoms with Crippen molar-refractivity contribution in [2.24, 2.45) is 5.92 Å². The van der Waals surface area contributed by atoms with Crippen molar-refractivity contribution in [1.82, 2.24) is 4.90 Å². The Kier molecular flexibility index (Phi) is 7.07.